The lowest BCUT2D eigenvalue weighted by Gasteiger charge is -2.07. The molecular formula is C16H11N5O2. The van der Waals surface area contributed by atoms with Crippen molar-refractivity contribution in [2.24, 2.45) is 0 Å². The molecule has 7 heteroatoms. The number of aromatic nitrogens is 4. The molecule has 0 radical (unpaired) electrons. The zero-order chi connectivity index (χ0) is 16.0. The molecule has 4 aromatic rings. The predicted octanol–water partition coefficient (Wildman–Crippen LogP) is 3.19. The standard InChI is InChI=1S/C16H11N5O2/c1-10-19-15-9-12(21(22)23)3-5-16(15)20(10)11-2-4-13-14(8-11)18-7-6-17-13/h2-9H,1H3. The van der Waals surface area contributed by atoms with Crippen molar-refractivity contribution in [2.45, 2.75) is 6.92 Å². The van der Waals surface area contributed by atoms with E-state index in [4.69, 9.17) is 0 Å². The van der Waals surface area contributed by atoms with Gasteiger partial charge >= 0.3 is 0 Å². The maximum absolute atomic E-state index is 10.9. The Morgan fingerprint density at radius 2 is 1.78 bits per heavy atom. The van der Waals surface area contributed by atoms with Gasteiger partial charge in [-0.25, -0.2) is 4.98 Å². The van der Waals surface area contributed by atoms with E-state index >= 15 is 0 Å². The van der Waals surface area contributed by atoms with E-state index < -0.39 is 4.92 Å². The number of nitrogens with zero attached hydrogens (tertiary/aromatic N) is 5. The lowest BCUT2D eigenvalue weighted by molar-refractivity contribution is -0.384. The van der Waals surface area contributed by atoms with Crippen molar-refractivity contribution in [1.82, 2.24) is 19.5 Å². The lowest BCUT2D eigenvalue weighted by Crippen LogP contribution is -1.97. The first-order chi connectivity index (χ1) is 11.1. The highest BCUT2D eigenvalue weighted by atomic mass is 16.6. The van der Waals surface area contributed by atoms with Crippen molar-refractivity contribution in [3.63, 3.8) is 0 Å². The maximum Gasteiger partial charge on any atom is 0.271 e. The molecule has 0 aliphatic heterocycles. The molecule has 2 aromatic carbocycles. The Labute approximate surface area is 130 Å². The lowest BCUT2D eigenvalue weighted by atomic mass is 10.2. The number of rotatable bonds is 2. The van der Waals surface area contributed by atoms with Gasteiger partial charge in [-0.3, -0.25) is 24.6 Å². The van der Waals surface area contributed by atoms with Crippen molar-refractivity contribution >= 4 is 27.8 Å². The first-order valence-electron chi connectivity index (χ1n) is 6.98. The minimum atomic E-state index is -0.417. The van der Waals surface area contributed by atoms with E-state index in [0.29, 0.717) is 5.52 Å². The fourth-order valence-electron chi connectivity index (χ4n) is 2.72. The average molecular weight is 305 g/mol. The summed E-state index contributed by atoms with van der Waals surface area (Å²) in [5.74, 6) is 0.753. The second kappa shape index (κ2) is 4.84. The Hall–Kier alpha value is -3.35. The summed E-state index contributed by atoms with van der Waals surface area (Å²) in [5.41, 5.74) is 3.94. The Balaban J connectivity index is 1.96. The van der Waals surface area contributed by atoms with E-state index in [0.717, 1.165) is 28.1 Å². The molecule has 0 aliphatic rings. The third-order valence-electron chi connectivity index (χ3n) is 3.73. The largest absolute Gasteiger partial charge is 0.296 e. The van der Waals surface area contributed by atoms with Crippen LogP contribution in [0.2, 0.25) is 0 Å². The van der Waals surface area contributed by atoms with E-state index in [1.807, 2.05) is 29.7 Å². The molecule has 0 fully saturated rings. The van der Waals surface area contributed by atoms with E-state index in [9.17, 15) is 10.1 Å². The van der Waals surface area contributed by atoms with Crippen LogP contribution in [0.1, 0.15) is 5.82 Å². The molecule has 7 nitrogen and oxygen atoms in total. The minimum absolute atomic E-state index is 0.0338. The van der Waals surface area contributed by atoms with Crippen molar-refractivity contribution in [2.75, 3.05) is 0 Å². The van der Waals surface area contributed by atoms with Crippen LogP contribution in [-0.2, 0) is 0 Å². The van der Waals surface area contributed by atoms with Crippen LogP contribution in [0.15, 0.2) is 48.8 Å². The molecule has 0 bridgehead atoms. The normalized spacial score (nSPS) is 11.2. The minimum Gasteiger partial charge on any atom is -0.296 e. The molecule has 4 rings (SSSR count). The van der Waals surface area contributed by atoms with Crippen LogP contribution in [0.3, 0.4) is 0 Å². The van der Waals surface area contributed by atoms with Crippen molar-refractivity contribution in [1.29, 1.82) is 0 Å². The van der Waals surface area contributed by atoms with E-state index in [-0.39, 0.29) is 5.69 Å². The number of nitro benzene ring substituents is 1. The van der Waals surface area contributed by atoms with Gasteiger partial charge in [0.1, 0.15) is 5.82 Å². The molecular weight excluding hydrogens is 294 g/mol. The fourth-order valence-corrected chi connectivity index (χ4v) is 2.72. The van der Waals surface area contributed by atoms with Crippen molar-refractivity contribution in [3.8, 4) is 5.69 Å². The molecule has 0 amide bonds. The number of hydrogen-bond donors (Lipinski definition) is 0. The maximum atomic E-state index is 10.9. The quantitative estimate of drug-likeness (QED) is 0.419. The molecule has 112 valence electrons. The Kier molecular flexibility index (Phi) is 2.80. The third-order valence-corrected chi connectivity index (χ3v) is 3.73. The molecule has 0 atom stereocenters. The third kappa shape index (κ3) is 2.10. The zero-order valence-corrected chi connectivity index (χ0v) is 12.2. The van der Waals surface area contributed by atoms with Crippen LogP contribution in [0, 0.1) is 17.0 Å². The molecule has 0 saturated carbocycles. The summed E-state index contributed by atoms with van der Waals surface area (Å²) >= 11 is 0. The van der Waals surface area contributed by atoms with Gasteiger partial charge in [0.2, 0.25) is 0 Å². The smallest absolute Gasteiger partial charge is 0.271 e. The Bertz CT molecular complexity index is 1070. The number of hydrogen-bond acceptors (Lipinski definition) is 5. The van der Waals surface area contributed by atoms with Gasteiger partial charge in [0.05, 0.1) is 27.0 Å². The summed E-state index contributed by atoms with van der Waals surface area (Å²) in [7, 11) is 0. The van der Waals surface area contributed by atoms with Crippen LogP contribution in [-0.4, -0.2) is 24.4 Å². The molecule has 0 N–H and O–H groups in total. The number of non-ortho nitro benzene ring substituents is 1. The summed E-state index contributed by atoms with van der Waals surface area (Å²) < 4.78 is 1.95. The number of fused-ring (bicyclic) bond motifs is 2. The predicted molar refractivity (Wildman–Crippen MR) is 85.6 cm³/mol. The average Bonchev–Trinajstić information content (AvgIpc) is 2.89. The number of aryl methyl sites for hydroxylation is 1. The highest BCUT2D eigenvalue weighted by molar-refractivity contribution is 5.82. The van der Waals surface area contributed by atoms with Crippen LogP contribution >= 0.6 is 0 Å². The summed E-state index contributed by atoms with van der Waals surface area (Å²) in [6, 6.07) is 10.5. The van der Waals surface area contributed by atoms with Crippen molar-refractivity contribution in [3.05, 3.63) is 64.7 Å². The van der Waals surface area contributed by atoms with Gasteiger partial charge in [-0.05, 0) is 31.2 Å². The molecule has 0 spiro atoms. The fraction of sp³-hybridized carbons (Fsp3) is 0.0625. The van der Waals surface area contributed by atoms with Crippen LogP contribution in [0.4, 0.5) is 5.69 Å². The van der Waals surface area contributed by atoms with Gasteiger partial charge in [-0.2, -0.15) is 0 Å². The molecule has 23 heavy (non-hydrogen) atoms. The van der Waals surface area contributed by atoms with Crippen molar-refractivity contribution < 1.29 is 4.92 Å². The van der Waals surface area contributed by atoms with Crippen LogP contribution in [0.5, 0.6) is 0 Å². The second-order valence-corrected chi connectivity index (χ2v) is 5.15. The first kappa shape index (κ1) is 13.3. The van der Waals surface area contributed by atoms with Gasteiger partial charge < -0.3 is 0 Å². The molecule has 0 aliphatic carbocycles. The Morgan fingerprint density at radius 3 is 2.57 bits per heavy atom. The van der Waals surface area contributed by atoms with Gasteiger partial charge in [0, 0.05) is 30.2 Å². The molecule has 0 saturated heterocycles. The first-order valence-corrected chi connectivity index (χ1v) is 6.98. The molecule has 0 unspecified atom stereocenters. The zero-order valence-electron chi connectivity index (χ0n) is 12.2. The summed E-state index contributed by atoms with van der Waals surface area (Å²) in [4.78, 5) is 23.5. The number of benzene rings is 2. The summed E-state index contributed by atoms with van der Waals surface area (Å²) in [5, 5.41) is 10.9. The van der Waals surface area contributed by atoms with Gasteiger partial charge in [0.25, 0.3) is 5.69 Å². The van der Waals surface area contributed by atoms with Gasteiger partial charge in [-0.1, -0.05) is 0 Å². The van der Waals surface area contributed by atoms with Gasteiger partial charge in [0.15, 0.2) is 0 Å². The summed E-state index contributed by atoms with van der Waals surface area (Å²) in [6.07, 6.45) is 3.30. The number of imidazole rings is 1. The summed E-state index contributed by atoms with van der Waals surface area (Å²) in [6.45, 7) is 1.87. The number of nitro groups is 1. The second-order valence-electron chi connectivity index (χ2n) is 5.15. The Morgan fingerprint density at radius 1 is 1.00 bits per heavy atom. The molecule has 2 aromatic heterocycles. The SMILES string of the molecule is Cc1nc2cc([N+](=O)[O-])ccc2n1-c1ccc2nccnc2c1. The highest BCUT2D eigenvalue weighted by Crippen LogP contribution is 2.26. The van der Waals surface area contributed by atoms with Gasteiger partial charge in [-0.15, -0.1) is 0 Å². The molecule has 2 heterocycles. The topological polar surface area (TPSA) is 86.7 Å². The van der Waals surface area contributed by atoms with Crippen LogP contribution in [0.25, 0.3) is 27.8 Å². The van der Waals surface area contributed by atoms with E-state index in [1.54, 1.807) is 18.5 Å². The van der Waals surface area contributed by atoms with E-state index in [2.05, 4.69) is 15.0 Å². The monoisotopic (exact) mass is 305 g/mol. The van der Waals surface area contributed by atoms with E-state index in [1.165, 1.54) is 12.1 Å². The van der Waals surface area contributed by atoms with Crippen LogP contribution < -0.4 is 0 Å². The highest BCUT2D eigenvalue weighted by Gasteiger charge is 2.14.